The number of hydrogen-bond acceptors (Lipinski definition) is 4. The molecule has 0 spiro atoms. The van der Waals surface area contributed by atoms with E-state index in [1.807, 2.05) is 47.4 Å². The van der Waals surface area contributed by atoms with Crippen LogP contribution in [-0.2, 0) is 9.59 Å². The van der Waals surface area contributed by atoms with Gasteiger partial charge in [0.2, 0.25) is 5.91 Å². The van der Waals surface area contributed by atoms with Gasteiger partial charge in [-0.15, -0.1) is 0 Å². The highest BCUT2D eigenvalue weighted by Gasteiger charge is 2.39. The summed E-state index contributed by atoms with van der Waals surface area (Å²) in [6, 6.07) is 16.7. The van der Waals surface area contributed by atoms with E-state index < -0.39 is 12.1 Å². The molecule has 34 heavy (non-hydrogen) atoms. The Morgan fingerprint density at radius 1 is 1.06 bits per heavy atom. The standard InChI is InChI=1S/C22H21N3O2.C2HF3O2/c1-22(2)13-12-19(26)25(22)17-10-8-16(9-11-17)21(27)24-18-7-3-5-15-6-4-14-23-20(15)18;3-2(4,5)1(6)7/h3-11,14H,12-13H2,1-2H3,(H,24,27);(H,6,7). The van der Waals surface area contributed by atoms with Crippen molar-refractivity contribution >= 4 is 40.1 Å². The fraction of sp³-hybridized carbons (Fsp3) is 0.250. The summed E-state index contributed by atoms with van der Waals surface area (Å²) in [5, 5.41) is 11.0. The number of nitrogens with one attached hydrogen (secondary N) is 1. The number of anilines is 2. The zero-order valence-corrected chi connectivity index (χ0v) is 18.4. The molecule has 2 amide bonds. The Morgan fingerprint density at radius 2 is 1.68 bits per heavy atom. The number of halogens is 3. The fourth-order valence-corrected chi connectivity index (χ4v) is 3.63. The summed E-state index contributed by atoms with van der Waals surface area (Å²) in [5.74, 6) is -2.83. The molecule has 4 rings (SSSR count). The van der Waals surface area contributed by atoms with Gasteiger partial charge in [-0.1, -0.05) is 18.2 Å². The summed E-state index contributed by atoms with van der Waals surface area (Å²) < 4.78 is 31.7. The lowest BCUT2D eigenvalue weighted by molar-refractivity contribution is -0.192. The van der Waals surface area contributed by atoms with Crippen molar-refractivity contribution in [1.82, 2.24) is 4.98 Å². The summed E-state index contributed by atoms with van der Waals surface area (Å²) in [6.07, 6.45) is -1.98. The van der Waals surface area contributed by atoms with Crippen molar-refractivity contribution in [2.24, 2.45) is 0 Å². The van der Waals surface area contributed by atoms with Gasteiger partial charge in [-0.2, -0.15) is 13.2 Å². The zero-order chi connectivity index (χ0) is 25.1. The molecule has 0 atom stereocenters. The second kappa shape index (κ2) is 9.50. The van der Waals surface area contributed by atoms with Crippen LogP contribution in [0.3, 0.4) is 0 Å². The topological polar surface area (TPSA) is 99.6 Å². The second-order valence-electron chi connectivity index (χ2n) is 8.23. The number of hydrogen-bond donors (Lipinski definition) is 2. The van der Waals surface area contributed by atoms with Crippen LogP contribution in [0.1, 0.15) is 37.0 Å². The van der Waals surface area contributed by atoms with Crippen molar-refractivity contribution < 1.29 is 32.7 Å². The Labute approximate surface area is 193 Å². The Balaban J connectivity index is 0.000000406. The average molecular weight is 473 g/mol. The van der Waals surface area contributed by atoms with Gasteiger partial charge in [0, 0.05) is 34.8 Å². The highest BCUT2D eigenvalue weighted by Crippen LogP contribution is 2.34. The molecule has 0 unspecified atom stereocenters. The van der Waals surface area contributed by atoms with E-state index in [1.165, 1.54) is 0 Å². The molecule has 1 aromatic heterocycles. The van der Waals surface area contributed by atoms with Crippen molar-refractivity contribution in [3.8, 4) is 0 Å². The van der Waals surface area contributed by atoms with Crippen LogP contribution in [0.4, 0.5) is 24.5 Å². The molecule has 178 valence electrons. The first-order chi connectivity index (χ1) is 15.9. The Hall–Kier alpha value is -3.95. The SMILES string of the molecule is CC1(C)CCC(=O)N1c1ccc(C(=O)Nc2cccc3cccnc23)cc1.O=C(O)C(F)(F)F. The third-order valence-electron chi connectivity index (χ3n) is 5.32. The number of aliphatic carboxylic acids is 1. The molecule has 2 N–H and O–H groups in total. The first-order valence-corrected chi connectivity index (χ1v) is 10.3. The molecular weight excluding hydrogens is 451 g/mol. The lowest BCUT2D eigenvalue weighted by Crippen LogP contribution is -2.40. The maximum absolute atomic E-state index is 12.7. The number of carboxylic acid groups (broad SMARTS) is 1. The number of pyridine rings is 1. The number of amides is 2. The van der Waals surface area contributed by atoms with Gasteiger partial charge < -0.3 is 15.3 Å². The monoisotopic (exact) mass is 473 g/mol. The van der Waals surface area contributed by atoms with Crippen LogP contribution in [0, 0.1) is 0 Å². The van der Waals surface area contributed by atoms with E-state index in [-0.39, 0.29) is 17.4 Å². The Morgan fingerprint density at radius 3 is 2.24 bits per heavy atom. The van der Waals surface area contributed by atoms with Crippen molar-refractivity contribution in [2.45, 2.75) is 38.4 Å². The summed E-state index contributed by atoms with van der Waals surface area (Å²) in [7, 11) is 0. The number of carboxylic acids is 1. The minimum Gasteiger partial charge on any atom is -0.475 e. The van der Waals surface area contributed by atoms with Crippen molar-refractivity contribution in [3.05, 3.63) is 66.4 Å². The molecule has 1 aliphatic rings. The number of aromatic nitrogens is 1. The summed E-state index contributed by atoms with van der Waals surface area (Å²) >= 11 is 0. The third kappa shape index (κ3) is 5.51. The molecule has 1 aliphatic heterocycles. The van der Waals surface area contributed by atoms with E-state index in [4.69, 9.17) is 9.90 Å². The maximum atomic E-state index is 12.7. The van der Waals surface area contributed by atoms with E-state index in [0.717, 1.165) is 23.0 Å². The predicted octanol–water partition coefficient (Wildman–Crippen LogP) is 5.03. The van der Waals surface area contributed by atoms with Gasteiger partial charge in [-0.25, -0.2) is 4.79 Å². The highest BCUT2D eigenvalue weighted by molar-refractivity contribution is 6.08. The molecular formula is C24H22F3N3O4. The minimum atomic E-state index is -5.08. The van der Waals surface area contributed by atoms with Crippen LogP contribution in [0.25, 0.3) is 10.9 Å². The van der Waals surface area contributed by atoms with E-state index >= 15 is 0 Å². The van der Waals surface area contributed by atoms with Crippen molar-refractivity contribution in [2.75, 3.05) is 10.2 Å². The van der Waals surface area contributed by atoms with E-state index in [1.54, 1.807) is 18.3 Å². The average Bonchev–Trinajstić information content (AvgIpc) is 3.06. The molecule has 10 heteroatoms. The number of benzene rings is 2. The lowest BCUT2D eigenvalue weighted by atomic mass is 10.0. The summed E-state index contributed by atoms with van der Waals surface area (Å²) in [6.45, 7) is 4.12. The van der Waals surface area contributed by atoms with Crippen molar-refractivity contribution in [1.29, 1.82) is 0 Å². The third-order valence-corrected chi connectivity index (χ3v) is 5.32. The molecule has 3 aromatic rings. The number of carbonyl (C=O) groups is 3. The predicted molar refractivity (Wildman–Crippen MR) is 121 cm³/mol. The molecule has 0 aliphatic carbocycles. The Bertz CT molecular complexity index is 1220. The number of alkyl halides is 3. The van der Waals surface area contributed by atoms with Crippen LogP contribution >= 0.6 is 0 Å². The number of rotatable bonds is 3. The van der Waals surface area contributed by atoms with Crippen molar-refractivity contribution in [3.63, 3.8) is 0 Å². The van der Waals surface area contributed by atoms with Gasteiger partial charge >= 0.3 is 12.1 Å². The molecule has 0 saturated carbocycles. The smallest absolute Gasteiger partial charge is 0.475 e. The van der Waals surface area contributed by atoms with E-state index in [0.29, 0.717) is 17.7 Å². The molecule has 7 nitrogen and oxygen atoms in total. The minimum absolute atomic E-state index is 0.124. The lowest BCUT2D eigenvalue weighted by Gasteiger charge is -2.31. The van der Waals surface area contributed by atoms with Gasteiger partial charge in [0.25, 0.3) is 5.91 Å². The number of para-hydroxylation sites is 1. The van der Waals surface area contributed by atoms with Crippen LogP contribution in [-0.4, -0.2) is 39.6 Å². The quantitative estimate of drug-likeness (QED) is 0.556. The first kappa shape index (κ1) is 24.7. The van der Waals surface area contributed by atoms with Crippen LogP contribution < -0.4 is 10.2 Å². The molecule has 1 fully saturated rings. The van der Waals surface area contributed by atoms with Gasteiger partial charge in [0.15, 0.2) is 0 Å². The fourth-order valence-electron chi connectivity index (χ4n) is 3.63. The second-order valence-corrected chi connectivity index (χ2v) is 8.23. The highest BCUT2D eigenvalue weighted by atomic mass is 19.4. The van der Waals surface area contributed by atoms with Crippen LogP contribution in [0.5, 0.6) is 0 Å². The van der Waals surface area contributed by atoms with Gasteiger partial charge in [-0.3, -0.25) is 14.6 Å². The Kier molecular flexibility index (Phi) is 6.90. The number of fused-ring (bicyclic) bond motifs is 1. The van der Waals surface area contributed by atoms with E-state index in [2.05, 4.69) is 24.1 Å². The molecule has 1 saturated heterocycles. The summed E-state index contributed by atoms with van der Waals surface area (Å²) in [5.41, 5.74) is 2.60. The molecule has 2 aromatic carbocycles. The maximum Gasteiger partial charge on any atom is 0.490 e. The zero-order valence-electron chi connectivity index (χ0n) is 18.4. The van der Waals surface area contributed by atoms with Crippen LogP contribution in [0.15, 0.2) is 60.8 Å². The largest absolute Gasteiger partial charge is 0.490 e. The molecule has 0 radical (unpaired) electrons. The van der Waals surface area contributed by atoms with Gasteiger partial charge in [0.1, 0.15) is 0 Å². The van der Waals surface area contributed by atoms with Crippen LogP contribution in [0.2, 0.25) is 0 Å². The van der Waals surface area contributed by atoms with Gasteiger partial charge in [0.05, 0.1) is 11.2 Å². The first-order valence-electron chi connectivity index (χ1n) is 10.3. The molecule has 2 heterocycles. The van der Waals surface area contributed by atoms with Gasteiger partial charge in [-0.05, 0) is 56.7 Å². The number of nitrogens with zero attached hydrogens (tertiary/aromatic N) is 2. The number of carbonyl (C=O) groups excluding carboxylic acids is 2. The van der Waals surface area contributed by atoms with E-state index in [9.17, 15) is 22.8 Å². The summed E-state index contributed by atoms with van der Waals surface area (Å²) in [4.78, 5) is 40.0. The molecule has 0 bridgehead atoms. The normalized spacial score (nSPS) is 15.0.